The zero-order valence-electron chi connectivity index (χ0n) is 18.7. The molecule has 3 aromatic rings. The van der Waals surface area contributed by atoms with Crippen molar-refractivity contribution in [3.63, 3.8) is 0 Å². The van der Waals surface area contributed by atoms with Crippen molar-refractivity contribution in [3.05, 3.63) is 35.9 Å². The van der Waals surface area contributed by atoms with Gasteiger partial charge in [-0.3, -0.25) is 9.20 Å². The number of amides is 1. The number of fused-ring (bicyclic) bond motifs is 3. The van der Waals surface area contributed by atoms with E-state index in [-0.39, 0.29) is 28.7 Å². The van der Waals surface area contributed by atoms with Crippen LogP contribution in [0, 0.1) is 0 Å². The van der Waals surface area contributed by atoms with Gasteiger partial charge in [-0.25, -0.2) is 9.97 Å². The third kappa shape index (κ3) is 3.24. The van der Waals surface area contributed by atoms with Gasteiger partial charge in [-0.1, -0.05) is 0 Å². The molecule has 2 atom stereocenters. The molecule has 4 aliphatic rings. The lowest BCUT2D eigenvalue weighted by Gasteiger charge is -2.26. The molecule has 9 heteroatoms. The van der Waals surface area contributed by atoms with Gasteiger partial charge < -0.3 is 19.2 Å². The topological polar surface area (TPSA) is 104 Å². The van der Waals surface area contributed by atoms with Crippen molar-refractivity contribution < 1.29 is 18.7 Å². The number of aromatic nitrogens is 4. The van der Waals surface area contributed by atoms with Gasteiger partial charge in [0, 0.05) is 17.5 Å². The Morgan fingerprint density at radius 1 is 1.18 bits per heavy atom. The summed E-state index contributed by atoms with van der Waals surface area (Å²) in [5.74, 6) is 1.50. The molecule has 0 aromatic carbocycles. The second kappa shape index (κ2) is 6.79. The van der Waals surface area contributed by atoms with Crippen LogP contribution in [0.2, 0.25) is 0 Å². The average Bonchev–Trinajstić information content (AvgIpc) is 3.14. The molecule has 3 aromatic heterocycles. The summed E-state index contributed by atoms with van der Waals surface area (Å²) in [6.07, 6.45) is 13.8. The van der Waals surface area contributed by atoms with E-state index in [2.05, 4.69) is 22.2 Å². The number of nitrogens with one attached hydrogen (secondary N) is 1. The third-order valence-electron chi connectivity index (χ3n) is 7.75. The summed E-state index contributed by atoms with van der Waals surface area (Å²) in [5, 5.41) is 2.86. The first kappa shape index (κ1) is 19.5. The molecule has 1 aliphatic heterocycles. The number of rotatable bonds is 6. The number of oxazole rings is 1. The lowest BCUT2D eigenvalue weighted by molar-refractivity contribution is -0.00627. The standard InChI is InChI=1S/C24H27N5O4/c1-23-7-8-24(12-23,13-32-23)17-9-29-10-18(28-22(19(29)26-17)33-15-3-2-4-15)27-20(30)16-11-31-21(25-16)14-5-6-14/h9-11,14-15H,2-8,12-13H2,1H3,(H,27,30). The van der Waals surface area contributed by atoms with Crippen LogP contribution >= 0.6 is 0 Å². The van der Waals surface area contributed by atoms with Gasteiger partial charge >= 0.3 is 0 Å². The highest BCUT2D eigenvalue weighted by molar-refractivity contribution is 6.02. The minimum absolute atomic E-state index is 0.0463. The van der Waals surface area contributed by atoms with Gasteiger partial charge in [0.25, 0.3) is 11.8 Å². The van der Waals surface area contributed by atoms with E-state index in [1.54, 1.807) is 6.20 Å². The Morgan fingerprint density at radius 2 is 2.06 bits per heavy atom. The van der Waals surface area contributed by atoms with Crippen molar-refractivity contribution >= 4 is 17.4 Å². The Balaban J connectivity index is 1.22. The lowest BCUT2D eigenvalue weighted by atomic mass is 9.84. The molecule has 3 aliphatic carbocycles. The molecule has 2 bridgehead atoms. The van der Waals surface area contributed by atoms with Crippen LogP contribution < -0.4 is 10.1 Å². The largest absolute Gasteiger partial charge is 0.472 e. The van der Waals surface area contributed by atoms with E-state index in [9.17, 15) is 4.79 Å². The minimum Gasteiger partial charge on any atom is -0.472 e. The fourth-order valence-corrected chi connectivity index (χ4v) is 5.35. The molecule has 0 radical (unpaired) electrons. The van der Waals surface area contributed by atoms with Crippen LogP contribution in [0.25, 0.3) is 5.65 Å². The Morgan fingerprint density at radius 3 is 2.73 bits per heavy atom. The highest BCUT2D eigenvalue weighted by atomic mass is 16.5. The van der Waals surface area contributed by atoms with Crippen molar-refractivity contribution in [2.75, 3.05) is 11.9 Å². The first-order chi connectivity index (χ1) is 16.0. The predicted octanol–water partition coefficient (Wildman–Crippen LogP) is 3.99. The summed E-state index contributed by atoms with van der Waals surface area (Å²) in [7, 11) is 0. The van der Waals surface area contributed by atoms with Crippen molar-refractivity contribution in [2.45, 2.75) is 81.3 Å². The van der Waals surface area contributed by atoms with Gasteiger partial charge in [-0.05, 0) is 58.3 Å². The maximum absolute atomic E-state index is 12.8. The van der Waals surface area contributed by atoms with E-state index in [0.29, 0.717) is 35.8 Å². The molecule has 9 nitrogen and oxygen atoms in total. The van der Waals surface area contributed by atoms with E-state index >= 15 is 0 Å². The van der Waals surface area contributed by atoms with Gasteiger partial charge in [0.2, 0.25) is 5.65 Å². The van der Waals surface area contributed by atoms with Crippen LogP contribution in [-0.2, 0) is 10.2 Å². The normalized spacial score (nSPS) is 28.9. The highest BCUT2D eigenvalue weighted by Crippen LogP contribution is 2.53. The van der Waals surface area contributed by atoms with Gasteiger partial charge in [-0.15, -0.1) is 0 Å². The number of imidazole rings is 1. The summed E-state index contributed by atoms with van der Waals surface area (Å²) in [4.78, 5) is 26.7. The van der Waals surface area contributed by atoms with Crippen LogP contribution in [0.1, 0.15) is 86.3 Å². The van der Waals surface area contributed by atoms with Crippen molar-refractivity contribution in [1.82, 2.24) is 19.4 Å². The molecular weight excluding hydrogens is 422 g/mol. The highest BCUT2D eigenvalue weighted by Gasteiger charge is 2.55. The van der Waals surface area contributed by atoms with Gasteiger partial charge in [0.15, 0.2) is 17.4 Å². The van der Waals surface area contributed by atoms with Crippen molar-refractivity contribution in [1.29, 1.82) is 0 Å². The lowest BCUT2D eigenvalue weighted by Crippen LogP contribution is -2.27. The van der Waals surface area contributed by atoms with E-state index in [1.807, 2.05) is 10.6 Å². The van der Waals surface area contributed by atoms with E-state index in [1.165, 1.54) is 6.26 Å². The fourth-order valence-electron chi connectivity index (χ4n) is 5.35. The van der Waals surface area contributed by atoms with Crippen molar-refractivity contribution in [2.24, 2.45) is 0 Å². The molecule has 33 heavy (non-hydrogen) atoms. The number of hydrogen-bond acceptors (Lipinski definition) is 7. The zero-order chi connectivity index (χ0) is 22.2. The smallest absolute Gasteiger partial charge is 0.278 e. The Hall–Kier alpha value is -2.94. The average molecular weight is 450 g/mol. The SMILES string of the molecule is CC12CCC(c3cn4cc(NC(=O)c5coc(C6CC6)n5)nc(OC5CCC5)c4n3)(CO1)C2. The molecule has 7 rings (SSSR count). The molecule has 172 valence electrons. The molecule has 4 fully saturated rings. The summed E-state index contributed by atoms with van der Waals surface area (Å²) in [6.45, 7) is 2.88. The zero-order valence-corrected chi connectivity index (χ0v) is 18.7. The summed E-state index contributed by atoms with van der Waals surface area (Å²) < 4.78 is 19.7. The van der Waals surface area contributed by atoms with Crippen molar-refractivity contribution in [3.8, 4) is 5.88 Å². The van der Waals surface area contributed by atoms with Crippen LogP contribution in [-0.4, -0.2) is 43.6 Å². The monoisotopic (exact) mass is 449 g/mol. The van der Waals surface area contributed by atoms with E-state index in [4.69, 9.17) is 18.9 Å². The molecule has 4 heterocycles. The number of hydrogen-bond donors (Lipinski definition) is 1. The van der Waals surface area contributed by atoms with Gasteiger partial charge in [0.05, 0.1) is 24.1 Å². The minimum atomic E-state index is -0.346. The maximum atomic E-state index is 12.8. The Kier molecular flexibility index (Phi) is 4.02. The maximum Gasteiger partial charge on any atom is 0.278 e. The number of carbonyl (C=O) groups excluding carboxylic acids is 1. The molecule has 2 unspecified atom stereocenters. The first-order valence-corrected chi connectivity index (χ1v) is 12.0. The predicted molar refractivity (Wildman–Crippen MR) is 118 cm³/mol. The Bertz CT molecular complexity index is 1250. The number of ether oxygens (including phenoxy) is 2. The van der Waals surface area contributed by atoms with E-state index in [0.717, 1.165) is 57.1 Å². The summed E-state index contributed by atoms with van der Waals surface area (Å²) >= 11 is 0. The van der Waals surface area contributed by atoms with Gasteiger partial charge in [-0.2, -0.15) is 4.98 Å². The quantitative estimate of drug-likeness (QED) is 0.607. The van der Waals surface area contributed by atoms with Crippen LogP contribution in [0.5, 0.6) is 5.88 Å². The number of nitrogens with zero attached hydrogens (tertiary/aromatic N) is 4. The third-order valence-corrected chi connectivity index (χ3v) is 7.75. The fraction of sp³-hybridized carbons (Fsp3) is 0.583. The molecular formula is C24H27N5O4. The molecule has 3 saturated carbocycles. The van der Waals surface area contributed by atoms with Crippen LogP contribution in [0.15, 0.2) is 23.1 Å². The molecule has 0 spiro atoms. The van der Waals surface area contributed by atoms with Gasteiger partial charge in [0.1, 0.15) is 12.4 Å². The summed E-state index contributed by atoms with van der Waals surface area (Å²) in [5.41, 5.74) is 1.85. The number of anilines is 1. The van der Waals surface area contributed by atoms with E-state index < -0.39 is 0 Å². The first-order valence-electron chi connectivity index (χ1n) is 12.0. The second-order valence-electron chi connectivity index (χ2n) is 10.5. The molecule has 1 amide bonds. The number of carbonyl (C=O) groups is 1. The summed E-state index contributed by atoms with van der Waals surface area (Å²) in [6, 6.07) is 0. The molecule has 1 saturated heterocycles. The molecule has 1 N–H and O–H groups in total. The Labute approximate surface area is 190 Å². The van der Waals surface area contributed by atoms with Crippen LogP contribution in [0.4, 0.5) is 5.82 Å². The van der Waals surface area contributed by atoms with Crippen LogP contribution in [0.3, 0.4) is 0 Å². The second-order valence-corrected chi connectivity index (χ2v) is 10.5.